The lowest BCUT2D eigenvalue weighted by Gasteiger charge is -2.15. The highest BCUT2D eigenvalue weighted by Gasteiger charge is 2.17. The molecule has 0 saturated carbocycles. The Morgan fingerprint density at radius 1 is 1.20 bits per heavy atom. The maximum atomic E-state index is 9.68. The fourth-order valence-electron chi connectivity index (χ4n) is 1.49. The maximum Gasteiger partial charge on any atom is 0.107 e. The summed E-state index contributed by atoms with van der Waals surface area (Å²) in [5.41, 5.74) is 0.627. The molecular weight excluding hydrogens is 212 g/mol. The van der Waals surface area contributed by atoms with E-state index in [-0.39, 0.29) is 0 Å². The highest BCUT2D eigenvalue weighted by Crippen LogP contribution is 2.25. The maximum absolute atomic E-state index is 9.68. The zero-order valence-corrected chi connectivity index (χ0v) is 8.81. The van der Waals surface area contributed by atoms with Gasteiger partial charge in [0.15, 0.2) is 0 Å². The Labute approximate surface area is 91.2 Å². The van der Waals surface area contributed by atoms with Gasteiger partial charge in [0.05, 0.1) is 6.61 Å². The highest BCUT2D eigenvalue weighted by molar-refractivity contribution is 7.17. The van der Waals surface area contributed by atoms with E-state index in [1.54, 1.807) is 17.4 Å². The lowest BCUT2D eigenvalue weighted by molar-refractivity contribution is -0.0152. The number of benzene rings is 1. The molecule has 0 aliphatic heterocycles. The molecule has 0 aliphatic rings. The molecule has 15 heavy (non-hydrogen) atoms. The third-order valence-electron chi connectivity index (χ3n) is 2.37. The summed E-state index contributed by atoms with van der Waals surface area (Å²) in [4.78, 5) is 0. The first kappa shape index (κ1) is 10.6. The predicted octanol–water partition coefficient (Wildman–Crippen LogP) is 1.29. The summed E-state index contributed by atoms with van der Waals surface area (Å²) in [5, 5.41) is 30.7. The average Bonchev–Trinajstić information content (AvgIpc) is 2.73. The number of aliphatic hydroxyl groups is 3. The molecule has 0 radical (unpaired) electrons. The standard InChI is InChI=1S/C11H12O3S/c12-6-9(13)11(14)8-1-2-10-7(5-8)3-4-15-10/h1-5,9,11-14H,6H2. The smallest absolute Gasteiger partial charge is 0.107 e. The molecule has 2 unspecified atom stereocenters. The molecule has 3 N–H and O–H groups in total. The molecule has 0 saturated heterocycles. The van der Waals surface area contributed by atoms with Crippen molar-refractivity contribution in [3.8, 4) is 0 Å². The fourth-order valence-corrected chi connectivity index (χ4v) is 2.26. The van der Waals surface area contributed by atoms with Gasteiger partial charge in [-0.05, 0) is 34.5 Å². The largest absolute Gasteiger partial charge is 0.394 e. The number of rotatable bonds is 3. The molecule has 2 rings (SSSR count). The van der Waals surface area contributed by atoms with Crippen LogP contribution in [0.3, 0.4) is 0 Å². The van der Waals surface area contributed by atoms with E-state index in [0.717, 1.165) is 10.1 Å². The van der Waals surface area contributed by atoms with Gasteiger partial charge in [-0.15, -0.1) is 11.3 Å². The topological polar surface area (TPSA) is 60.7 Å². The predicted molar refractivity (Wildman–Crippen MR) is 59.9 cm³/mol. The molecule has 0 fully saturated rings. The van der Waals surface area contributed by atoms with E-state index in [4.69, 9.17) is 5.11 Å². The van der Waals surface area contributed by atoms with Gasteiger partial charge in [0.2, 0.25) is 0 Å². The zero-order chi connectivity index (χ0) is 10.8. The van der Waals surface area contributed by atoms with Crippen LogP contribution in [0.4, 0.5) is 0 Å². The van der Waals surface area contributed by atoms with E-state index < -0.39 is 18.8 Å². The molecular formula is C11H12O3S. The van der Waals surface area contributed by atoms with Crippen LogP contribution in [0.2, 0.25) is 0 Å². The molecule has 0 bridgehead atoms. The van der Waals surface area contributed by atoms with Crippen LogP contribution < -0.4 is 0 Å². The minimum absolute atomic E-state index is 0.442. The number of aliphatic hydroxyl groups excluding tert-OH is 3. The molecule has 0 aliphatic carbocycles. The quantitative estimate of drug-likeness (QED) is 0.736. The Kier molecular flexibility index (Phi) is 3.02. The number of thiophene rings is 1. The van der Waals surface area contributed by atoms with Crippen LogP contribution in [0.25, 0.3) is 10.1 Å². The van der Waals surface area contributed by atoms with E-state index in [1.807, 2.05) is 23.6 Å². The van der Waals surface area contributed by atoms with Crippen molar-refractivity contribution in [3.63, 3.8) is 0 Å². The van der Waals surface area contributed by atoms with Gasteiger partial charge < -0.3 is 15.3 Å². The third-order valence-corrected chi connectivity index (χ3v) is 3.27. The van der Waals surface area contributed by atoms with Crippen molar-refractivity contribution >= 4 is 21.4 Å². The second kappa shape index (κ2) is 4.28. The normalized spacial score (nSPS) is 15.4. The number of fused-ring (bicyclic) bond motifs is 1. The van der Waals surface area contributed by atoms with Crippen LogP contribution in [0.1, 0.15) is 11.7 Å². The van der Waals surface area contributed by atoms with Crippen LogP contribution >= 0.6 is 11.3 Å². The molecule has 0 spiro atoms. The highest BCUT2D eigenvalue weighted by atomic mass is 32.1. The summed E-state index contributed by atoms with van der Waals surface area (Å²) >= 11 is 1.63. The van der Waals surface area contributed by atoms with E-state index in [2.05, 4.69) is 0 Å². The molecule has 3 nitrogen and oxygen atoms in total. The summed E-state index contributed by atoms with van der Waals surface area (Å²) in [6, 6.07) is 7.46. The van der Waals surface area contributed by atoms with Gasteiger partial charge in [-0.3, -0.25) is 0 Å². The third kappa shape index (κ3) is 2.03. The Hall–Kier alpha value is -0.940. The van der Waals surface area contributed by atoms with Crippen molar-refractivity contribution in [3.05, 3.63) is 35.2 Å². The van der Waals surface area contributed by atoms with Gasteiger partial charge in [0, 0.05) is 4.70 Å². The molecule has 4 heteroatoms. The van der Waals surface area contributed by atoms with Gasteiger partial charge in [0.25, 0.3) is 0 Å². The first-order chi connectivity index (χ1) is 7.22. The summed E-state index contributed by atoms with van der Waals surface area (Å²) < 4.78 is 1.14. The molecule has 0 amide bonds. The van der Waals surface area contributed by atoms with Gasteiger partial charge in [0.1, 0.15) is 12.2 Å². The lowest BCUT2D eigenvalue weighted by Crippen LogP contribution is -2.21. The Morgan fingerprint density at radius 2 is 2.00 bits per heavy atom. The summed E-state index contributed by atoms with van der Waals surface area (Å²) in [6.07, 6.45) is -2.15. The minimum atomic E-state index is -1.12. The van der Waals surface area contributed by atoms with Crippen molar-refractivity contribution in [2.24, 2.45) is 0 Å². The van der Waals surface area contributed by atoms with E-state index >= 15 is 0 Å². The Balaban J connectivity index is 2.35. The minimum Gasteiger partial charge on any atom is -0.394 e. The molecule has 80 valence electrons. The van der Waals surface area contributed by atoms with E-state index in [0.29, 0.717) is 5.56 Å². The zero-order valence-electron chi connectivity index (χ0n) is 8.00. The van der Waals surface area contributed by atoms with Crippen LogP contribution in [-0.4, -0.2) is 28.0 Å². The summed E-state index contributed by atoms with van der Waals surface area (Å²) in [7, 11) is 0. The van der Waals surface area contributed by atoms with Crippen molar-refractivity contribution in [1.82, 2.24) is 0 Å². The molecule has 2 aromatic rings. The number of hydrogen-bond acceptors (Lipinski definition) is 4. The monoisotopic (exact) mass is 224 g/mol. The SMILES string of the molecule is OCC(O)C(O)c1ccc2sccc2c1. The van der Waals surface area contributed by atoms with Crippen LogP contribution in [0.15, 0.2) is 29.6 Å². The summed E-state index contributed by atoms with van der Waals surface area (Å²) in [6.45, 7) is -0.442. The van der Waals surface area contributed by atoms with Gasteiger partial charge in [-0.2, -0.15) is 0 Å². The molecule has 2 atom stereocenters. The van der Waals surface area contributed by atoms with Crippen LogP contribution in [-0.2, 0) is 0 Å². The molecule has 1 aromatic carbocycles. The Bertz CT molecular complexity index is 452. The second-order valence-corrected chi connectivity index (χ2v) is 4.36. The van der Waals surface area contributed by atoms with Crippen molar-refractivity contribution in [2.45, 2.75) is 12.2 Å². The lowest BCUT2D eigenvalue weighted by atomic mass is 10.0. The first-order valence-corrected chi connectivity index (χ1v) is 5.54. The van der Waals surface area contributed by atoms with Gasteiger partial charge in [-0.25, -0.2) is 0 Å². The van der Waals surface area contributed by atoms with Crippen LogP contribution in [0, 0.1) is 0 Å². The van der Waals surface area contributed by atoms with Crippen molar-refractivity contribution in [2.75, 3.05) is 6.61 Å². The average molecular weight is 224 g/mol. The van der Waals surface area contributed by atoms with Gasteiger partial charge >= 0.3 is 0 Å². The van der Waals surface area contributed by atoms with Crippen molar-refractivity contribution in [1.29, 1.82) is 0 Å². The Morgan fingerprint density at radius 3 is 2.73 bits per heavy atom. The first-order valence-electron chi connectivity index (χ1n) is 4.66. The summed E-state index contributed by atoms with van der Waals surface area (Å²) in [5.74, 6) is 0. The van der Waals surface area contributed by atoms with E-state index in [1.165, 1.54) is 0 Å². The second-order valence-electron chi connectivity index (χ2n) is 3.41. The molecule has 1 heterocycles. The van der Waals surface area contributed by atoms with Gasteiger partial charge in [-0.1, -0.05) is 6.07 Å². The van der Waals surface area contributed by atoms with Crippen molar-refractivity contribution < 1.29 is 15.3 Å². The van der Waals surface area contributed by atoms with Crippen LogP contribution in [0.5, 0.6) is 0 Å². The van der Waals surface area contributed by atoms with E-state index in [9.17, 15) is 10.2 Å². The molecule has 1 aromatic heterocycles. The fraction of sp³-hybridized carbons (Fsp3) is 0.273. The number of hydrogen-bond donors (Lipinski definition) is 3.